The van der Waals surface area contributed by atoms with Crippen molar-refractivity contribution in [1.82, 2.24) is 4.31 Å². The number of nitrogens with zero attached hydrogens (tertiary/aromatic N) is 1. The van der Waals surface area contributed by atoms with Crippen LogP contribution in [-0.4, -0.2) is 26.3 Å². The summed E-state index contributed by atoms with van der Waals surface area (Å²) in [5.41, 5.74) is 0. The van der Waals surface area contributed by atoms with Crippen LogP contribution in [-0.2, 0) is 10.0 Å². The Labute approximate surface area is 118 Å². The van der Waals surface area contributed by atoms with Crippen LogP contribution in [0.1, 0.15) is 32.1 Å². The van der Waals surface area contributed by atoms with Gasteiger partial charge in [-0.05, 0) is 30.9 Å². The molecular formula is C14H19F2NO2S. The molecule has 112 valence electrons. The fourth-order valence-electron chi connectivity index (χ4n) is 2.68. The fraction of sp³-hybridized carbons (Fsp3) is 0.571. The summed E-state index contributed by atoms with van der Waals surface area (Å²) in [5.74, 6) is -1.50. The first-order valence-electron chi connectivity index (χ1n) is 6.82. The lowest BCUT2D eigenvalue weighted by Gasteiger charge is -2.26. The Balaban J connectivity index is 2.16. The summed E-state index contributed by atoms with van der Waals surface area (Å²) in [6, 6.07) is 2.54. The van der Waals surface area contributed by atoms with Gasteiger partial charge >= 0.3 is 0 Å². The van der Waals surface area contributed by atoms with E-state index in [1.807, 2.05) is 0 Å². The van der Waals surface area contributed by atoms with E-state index in [2.05, 4.69) is 0 Å². The normalized spacial score (nSPS) is 17.6. The van der Waals surface area contributed by atoms with E-state index in [9.17, 15) is 17.2 Å². The average molecular weight is 303 g/mol. The summed E-state index contributed by atoms with van der Waals surface area (Å²) < 4.78 is 52.3. The first kappa shape index (κ1) is 15.4. The zero-order valence-corrected chi connectivity index (χ0v) is 12.3. The maximum absolute atomic E-state index is 13.6. The topological polar surface area (TPSA) is 37.4 Å². The van der Waals surface area contributed by atoms with Crippen LogP contribution in [0.4, 0.5) is 8.78 Å². The summed E-state index contributed by atoms with van der Waals surface area (Å²) in [5, 5.41) is 0. The average Bonchev–Trinajstić information content (AvgIpc) is 2.39. The van der Waals surface area contributed by atoms with Crippen LogP contribution in [0, 0.1) is 17.6 Å². The molecule has 0 spiro atoms. The molecule has 0 bridgehead atoms. The highest BCUT2D eigenvalue weighted by Crippen LogP contribution is 2.26. The van der Waals surface area contributed by atoms with Crippen LogP contribution >= 0.6 is 0 Å². The fourth-order valence-corrected chi connectivity index (χ4v) is 3.97. The van der Waals surface area contributed by atoms with Gasteiger partial charge in [-0.25, -0.2) is 21.5 Å². The third-order valence-corrected chi connectivity index (χ3v) is 5.68. The summed E-state index contributed by atoms with van der Waals surface area (Å²) in [6.45, 7) is 0.388. The van der Waals surface area contributed by atoms with Gasteiger partial charge in [0.15, 0.2) is 0 Å². The van der Waals surface area contributed by atoms with E-state index in [-0.39, 0.29) is 0 Å². The smallest absolute Gasteiger partial charge is 0.207 e. The van der Waals surface area contributed by atoms with Gasteiger partial charge < -0.3 is 0 Å². The minimum absolute atomic E-state index is 0.326. The van der Waals surface area contributed by atoms with E-state index in [0.717, 1.165) is 37.8 Å². The zero-order chi connectivity index (χ0) is 14.8. The molecule has 0 aliphatic heterocycles. The second-order valence-corrected chi connectivity index (χ2v) is 7.38. The Morgan fingerprint density at radius 3 is 2.45 bits per heavy atom. The SMILES string of the molecule is CN(CC1CCCCC1)S(=O)(=O)c1ccc(F)cc1F. The predicted octanol–water partition coefficient (Wildman–Crippen LogP) is 3.17. The highest BCUT2D eigenvalue weighted by Gasteiger charge is 2.27. The van der Waals surface area contributed by atoms with Gasteiger partial charge in [0.25, 0.3) is 0 Å². The van der Waals surface area contributed by atoms with Gasteiger partial charge in [-0.3, -0.25) is 0 Å². The molecule has 2 rings (SSSR count). The van der Waals surface area contributed by atoms with Gasteiger partial charge in [0, 0.05) is 19.7 Å². The van der Waals surface area contributed by atoms with Crippen molar-refractivity contribution in [2.24, 2.45) is 5.92 Å². The van der Waals surface area contributed by atoms with Crippen LogP contribution < -0.4 is 0 Å². The van der Waals surface area contributed by atoms with Gasteiger partial charge in [-0.2, -0.15) is 0 Å². The number of hydrogen-bond acceptors (Lipinski definition) is 2. The molecule has 1 aromatic carbocycles. The summed E-state index contributed by atoms with van der Waals surface area (Å²) in [6.07, 6.45) is 5.43. The van der Waals surface area contributed by atoms with Crippen molar-refractivity contribution < 1.29 is 17.2 Å². The van der Waals surface area contributed by atoms with Crippen LogP contribution in [0.3, 0.4) is 0 Å². The summed E-state index contributed by atoms with van der Waals surface area (Å²) in [4.78, 5) is -0.461. The molecule has 0 N–H and O–H groups in total. The highest BCUT2D eigenvalue weighted by atomic mass is 32.2. The summed E-state index contributed by atoms with van der Waals surface area (Å²) in [7, 11) is -2.44. The quantitative estimate of drug-likeness (QED) is 0.857. The largest absolute Gasteiger partial charge is 0.245 e. The molecule has 0 amide bonds. The Hall–Kier alpha value is -1.01. The van der Waals surface area contributed by atoms with Crippen molar-refractivity contribution >= 4 is 10.0 Å². The molecule has 0 saturated heterocycles. The first-order valence-corrected chi connectivity index (χ1v) is 8.26. The van der Waals surface area contributed by atoms with E-state index in [0.29, 0.717) is 18.5 Å². The second kappa shape index (κ2) is 6.18. The molecule has 3 nitrogen and oxygen atoms in total. The molecule has 0 atom stereocenters. The van der Waals surface area contributed by atoms with E-state index >= 15 is 0 Å². The van der Waals surface area contributed by atoms with E-state index in [1.165, 1.54) is 17.8 Å². The van der Waals surface area contributed by atoms with E-state index in [1.54, 1.807) is 0 Å². The van der Waals surface area contributed by atoms with Gasteiger partial charge in [0.1, 0.15) is 16.5 Å². The van der Waals surface area contributed by atoms with Crippen LogP contribution in [0.2, 0.25) is 0 Å². The van der Waals surface area contributed by atoms with Crippen LogP contribution in [0.15, 0.2) is 23.1 Å². The van der Waals surface area contributed by atoms with Gasteiger partial charge in [-0.15, -0.1) is 0 Å². The number of sulfonamides is 1. The standard InChI is InChI=1S/C14H19F2NO2S/c1-17(10-11-5-3-2-4-6-11)20(18,19)14-8-7-12(15)9-13(14)16/h7-9,11H,2-6,10H2,1H3. The maximum Gasteiger partial charge on any atom is 0.245 e. The molecule has 1 aromatic rings. The minimum atomic E-state index is -3.89. The maximum atomic E-state index is 13.6. The third-order valence-electron chi connectivity index (χ3n) is 3.82. The Bertz CT molecular complexity index is 569. The molecule has 20 heavy (non-hydrogen) atoms. The molecule has 0 aromatic heterocycles. The monoisotopic (exact) mass is 303 g/mol. The van der Waals surface area contributed by atoms with E-state index < -0.39 is 26.6 Å². The zero-order valence-electron chi connectivity index (χ0n) is 11.5. The van der Waals surface area contributed by atoms with Gasteiger partial charge in [-0.1, -0.05) is 19.3 Å². The first-order chi connectivity index (χ1) is 9.41. The van der Waals surface area contributed by atoms with Crippen LogP contribution in [0.25, 0.3) is 0 Å². The predicted molar refractivity (Wildman–Crippen MR) is 72.7 cm³/mol. The molecule has 1 aliphatic rings. The van der Waals surface area contributed by atoms with E-state index in [4.69, 9.17) is 0 Å². The minimum Gasteiger partial charge on any atom is -0.207 e. The second-order valence-electron chi connectivity index (χ2n) is 5.36. The Morgan fingerprint density at radius 2 is 1.85 bits per heavy atom. The van der Waals surface area contributed by atoms with Crippen molar-refractivity contribution in [1.29, 1.82) is 0 Å². The van der Waals surface area contributed by atoms with Gasteiger partial charge in [0.05, 0.1) is 0 Å². The lowest BCUT2D eigenvalue weighted by molar-refractivity contribution is 0.299. The van der Waals surface area contributed by atoms with Crippen LogP contribution in [0.5, 0.6) is 0 Å². The molecule has 6 heteroatoms. The Morgan fingerprint density at radius 1 is 1.20 bits per heavy atom. The molecule has 0 unspecified atom stereocenters. The molecule has 0 radical (unpaired) electrons. The van der Waals surface area contributed by atoms with Crippen molar-refractivity contribution in [3.8, 4) is 0 Å². The van der Waals surface area contributed by atoms with Crippen molar-refractivity contribution in [2.75, 3.05) is 13.6 Å². The molecule has 1 saturated carbocycles. The molecular weight excluding hydrogens is 284 g/mol. The number of rotatable bonds is 4. The Kier molecular flexibility index (Phi) is 4.75. The van der Waals surface area contributed by atoms with Crippen molar-refractivity contribution in [3.05, 3.63) is 29.8 Å². The van der Waals surface area contributed by atoms with Crippen molar-refractivity contribution in [2.45, 2.75) is 37.0 Å². The number of hydrogen-bond donors (Lipinski definition) is 0. The summed E-state index contributed by atoms with van der Waals surface area (Å²) >= 11 is 0. The molecule has 1 aliphatic carbocycles. The van der Waals surface area contributed by atoms with Gasteiger partial charge in [0.2, 0.25) is 10.0 Å². The molecule has 1 fully saturated rings. The van der Waals surface area contributed by atoms with Crippen molar-refractivity contribution in [3.63, 3.8) is 0 Å². The number of benzene rings is 1. The molecule has 0 heterocycles. The highest BCUT2D eigenvalue weighted by molar-refractivity contribution is 7.89. The lowest BCUT2D eigenvalue weighted by Crippen LogP contribution is -2.33. The number of halogens is 2. The lowest BCUT2D eigenvalue weighted by atomic mass is 9.89. The third kappa shape index (κ3) is 3.35.